The van der Waals surface area contributed by atoms with Crippen molar-refractivity contribution in [3.05, 3.63) is 0 Å². The van der Waals surface area contributed by atoms with Gasteiger partial charge in [0.1, 0.15) is 5.60 Å². The molecule has 1 atom stereocenters. The number of ether oxygens (including phenoxy) is 2. The Balaban J connectivity index is 2.95. The summed E-state index contributed by atoms with van der Waals surface area (Å²) < 4.78 is 49.0. The van der Waals surface area contributed by atoms with Gasteiger partial charge in [0.25, 0.3) is 0 Å². The number of carbonyl (C=O) groups excluding carboxylic acids is 2. The maximum Gasteiger partial charge on any atom is 0.410 e. The van der Waals surface area contributed by atoms with Crippen LogP contribution in [0.25, 0.3) is 0 Å². The second-order valence-corrected chi connectivity index (χ2v) is 5.77. The van der Waals surface area contributed by atoms with Crippen molar-refractivity contribution >= 4 is 11.9 Å². The van der Waals surface area contributed by atoms with E-state index in [0.29, 0.717) is 0 Å². The number of methoxy groups -OCH3 is 1. The molecule has 1 fully saturated rings. The minimum atomic E-state index is -4.78. The highest BCUT2D eigenvalue weighted by Gasteiger charge is 2.64. The number of Topliss-reactive ketones (excluding diaryl/α,β-unsaturated/α-hetero) is 1. The first-order chi connectivity index (χ1) is 8.93. The largest absolute Gasteiger partial charge is 0.444 e. The highest BCUT2D eigenvalue weighted by Crippen LogP contribution is 2.43. The maximum absolute atomic E-state index is 13.1. The molecule has 0 aliphatic carbocycles. The van der Waals surface area contributed by atoms with Crippen LogP contribution in [0.2, 0.25) is 0 Å². The van der Waals surface area contributed by atoms with E-state index < -0.39 is 48.8 Å². The molecule has 0 radical (unpaired) electrons. The molecule has 1 aliphatic rings. The van der Waals surface area contributed by atoms with Gasteiger partial charge < -0.3 is 9.47 Å². The van der Waals surface area contributed by atoms with E-state index in [1.807, 2.05) is 0 Å². The monoisotopic (exact) mass is 297 g/mol. The van der Waals surface area contributed by atoms with E-state index in [1.54, 1.807) is 20.8 Å². The van der Waals surface area contributed by atoms with Crippen molar-refractivity contribution in [1.82, 2.24) is 4.90 Å². The first-order valence-corrected chi connectivity index (χ1v) is 6.00. The molecule has 116 valence electrons. The molecule has 1 heterocycles. The summed E-state index contributed by atoms with van der Waals surface area (Å²) in [6.07, 6.45) is -5.72. The van der Waals surface area contributed by atoms with Crippen LogP contribution in [0.5, 0.6) is 0 Å². The molecule has 1 saturated heterocycles. The molecule has 20 heavy (non-hydrogen) atoms. The molecule has 0 spiro atoms. The quantitative estimate of drug-likeness (QED) is 0.782. The fraction of sp³-hybridized carbons (Fsp3) is 0.833. The molecule has 0 bridgehead atoms. The van der Waals surface area contributed by atoms with Crippen LogP contribution in [0.1, 0.15) is 20.8 Å². The summed E-state index contributed by atoms with van der Waals surface area (Å²) in [5.74, 6) is -1.09. The van der Waals surface area contributed by atoms with Crippen molar-refractivity contribution < 1.29 is 32.2 Å². The molecule has 1 aliphatic heterocycles. The van der Waals surface area contributed by atoms with Gasteiger partial charge in [-0.3, -0.25) is 9.69 Å². The van der Waals surface area contributed by atoms with Crippen LogP contribution in [0.15, 0.2) is 0 Å². The number of ketones is 1. The normalized spacial score (nSPS) is 24.1. The second kappa shape index (κ2) is 5.23. The molecule has 1 rings (SSSR count). The Morgan fingerprint density at radius 2 is 1.90 bits per heavy atom. The van der Waals surface area contributed by atoms with Crippen molar-refractivity contribution in [3.8, 4) is 0 Å². The first-order valence-electron chi connectivity index (χ1n) is 6.00. The molecular formula is C12H18F3NO4. The lowest BCUT2D eigenvalue weighted by Crippen LogP contribution is -2.49. The number of carbonyl (C=O) groups is 2. The number of hydrogen-bond acceptors (Lipinski definition) is 4. The number of nitrogens with zero attached hydrogens (tertiary/aromatic N) is 1. The Kier molecular flexibility index (Phi) is 4.38. The van der Waals surface area contributed by atoms with Crippen molar-refractivity contribution in [1.29, 1.82) is 0 Å². The van der Waals surface area contributed by atoms with Crippen LogP contribution in [-0.4, -0.2) is 55.4 Å². The van der Waals surface area contributed by atoms with Crippen molar-refractivity contribution in [2.45, 2.75) is 32.5 Å². The van der Waals surface area contributed by atoms with Crippen LogP contribution < -0.4 is 0 Å². The van der Waals surface area contributed by atoms with Crippen LogP contribution in [-0.2, 0) is 14.3 Å². The van der Waals surface area contributed by atoms with Gasteiger partial charge in [-0.05, 0) is 20.8 Å². The summed E-state index contributed by atoms with van der Waals surface area (Å²) >= 11 is 0. The number of alkyl halides is 3. The molecule has 0 N–H and O–H groups in total. The second-order valence-electron chi connectivity index (χ2n) is 5.77. The van der Waals surface area contributed by atoms with E-state index in [-0.39, 0.29) is 0 Å². The number of amides is 1. The zero-order valence-corrected chi connectivity index (χ0v) is 11.8. The predicted molar refractivity (Wildman–Crippen MR) is 63.2 cm³/mol. The van der Waals surface area contributed by atoms with Crippen LogP contribution >= 0.6 is 0 Å². The lowest BCUT2D eigenvalue weighted by molar-refractivity contribution is -0.226. The Bertz CT molecular complexity index is 402. The molecule has 0 saturated carbocycles. The minimum absolute atomic E-state index is 0.627. The number of rotatable bonds is 2. The van der Waals surface area contributed by atoms with Gasteiger partial charge in [-0.2, -0.15) is 13.2 Å². The van der Waals surface area contributed by atoms with Crippen LogP contribution in [0, 0.1) is 5.41 Å². The van der Waals surface area contributed by atoms with Crippen LogP contribution in [0.4, 0.5) is 18.0 Å². The molecule has 8 heteroatoms. The van der Waals surface area contributed by atoms with Crippen molar-refractivity contribution in [2.75, 3.05) is 26.8 Å². The average Bonchev–Trinajstić information content (AvgIpc) is 2.55. The van der Waals surface area contributed by atoms with E-state index in [2.05, 4.69) is 4.74 Å². The summed E-state index contributed by atoms with van der Waals surface area (Å²) in [6, 6.07) is 0. The molecule has 1 amide bonds. The van der Waals surface area contributed by atoms with Crippen molar-refractivity contribution in [2.24, 2.45) is 5.41 Å². The predicted octanol–water partition coefficient (Wildman–Crippen LogP) is 2.00. The Labute approximate surface area is 115 Å². The standard InChI is InChI=1S/C12H18F3NO4/c1-10(2,3)20-9(18)16-5-8(17)11(6-16,7-19-4)12(13,14)15/h5-7H2,1-4H3. The van der Waals surface area contributed by atoms with Gasteiger partial charge in [-0.1, -0.05) is 0 Å². The van der Waals surface area contributed by atoms with Gasteiger partial charge in [0.05, 0.1) is 13.2 Å². The SMILES string of the molecule is COCC1(C(F)(F)F)CN(C(=O)OC(C)(C)C)CC1=O. The third-order valence-electron chi connectivity index (χ3n) is 2.91. The molecule has 0 aromatic rings. The molecule has 0 aromatic carbocycles. The lowest BCUT2D eigenvalue weighted by Gasteiger charge is -2.29. The smallest absolute Gasteiger partial charge is 0.410 e. The maximum atomic E-state index is 13.1. The van der Waals surface area contributed by atoms with Gasteiger partial charge >= 0.3 is 12.3 Å². The van der Waals surface area contributed by atoms with Crippen LogP contribution in [0.3, 0.4) is 0 Å². The van der Waals surface area contributed by atoms with Gasteiger partial charge in [0, 0.05) is 13.7 Å². The van der Waals surface area contributed by atoms with Gasteiger partial charge in [-0.15, -0.1) is 0 Å². The minimum Gasteiger partial charge on any atom is -0.444 e. The topological polar surface area (TPSA) is 55.8 Å². The summed E-state index contributed by atoms with van der Waals surface area (Å²) in [5, 5.41) is 0. The molecular weight excluding hydrogens is 279 g/mol. The van der Waals surface area contributed by atoms with Crippen molar-refractivity contribution in [3.63, 3.8) is 0 Å². The van der Waals surface area contributed by atoms with Gasteiger partial charge in [0.15, 0.2) is 11.2 Å². The Hall–Kier alpha value is -1.31. The summed E-state index contributed by atoms with van der Waals surface area (Å²) in [5.41, 5.74) is -3.51. The summed E-state index contributed by atoms with van der Waals surface area (Å²) in [4.78, 5) is 24.3. The van der Waals surface area contributed by atoms with Gasteiger partial charge in [-0.25, -0.2) is 4.79 Å². The third kappa shape index (κ3) is 3.23. The summed E-state index contributed by atoms with van der Waals surface area (Å²) in [6.45, 7) is 2.56. The van der Waals surface area contributed by atoms with E-state index in [9.17, 15) is 22.8 Å². The highest BCUT2D eigenvalue weighted by molar-refractivity contribution is 5.93. The number of hydrogen-bond donors (Lipinski definition) is 0. The van der Waals surface area contributed by atoms with Gasteiger partial charge in [0.2, 0.25) is 0 Å². The zero-order chi connectivity index (χ0) is 15.8. The Morgan fingerprint density at radius 3 is 2.30 bits per heavy atom. The first kappa shape index (κ1) is 16.7. The number of halogens is 3. The molecule has 0 aromatic heterocycles. The highest BCUT2D eigenvalue weighted by atomic mass is 19.4. The Morgan fingerprint density at radius 1 is 1.35 bits per heavy atom. The van der Waals surface area contributed by atoms with E-state index in [4.69, 9.17) is 4.74 Å². The fourth-order valence-corrected chi connectivity index (χ4v) is 1.95. The van der Waals surface area contributed by atoms with E-state index in [1.165, 1.54) is 0 Å². The zero-order valence-electron chi connectivity index (χ0n) is 11.8. The van der Waals surface area contributed by atoms with E-state index >= 15 is 0 Å². The van der Waals surface area contributed by atoms with E-state index in [0.717, 1.165) is 12.0 Å². The third-order valence-corrected chi connectivity index (χ3v) is 2.91. The molecule has 5 nitrogen and oxygen atoms in total. The summed E-state index contributed by atoms with van der Waals surface area (Å²) in [7, 11) is 1.08. The number of likely N-dealkylation sites (tertiary alicyclic amines) is 1. The fourth-order valence-electron chi connectivity index (χ4n) is 1.95. The molecule has 1 unspecified atom stereocenters. The average molecular weight is 297 g/mol. The lowest BCUT2D eigenvalue weighted by atomic mass is 9.86.